The molecule has 5 nitrogen and oxygen atoms in total. The van der Waals surface area contributed by atoms with Crippen molar-refractivity contribution < 1.29 is 19.4 Å². The maximum absolute atomic E-state index is 12.8. The molecule has 1 fully saturated rings. The topological polar surface area (TPSA) is 67.8 Å². The lowest BCUT2D eigenvalue weighted by molar-refractivity contribution is -0.0260. The van der Waals surface area contributed by atoms with Gasteiger partial charge in [-0.05, 0) is 30.2 Å². The van der Waals surface area contributed by atoms with Gasteiger partial charge in [-0.3, -0.25) is 4.79 Å². The lowest BCUT2D eigenvalue weighted by Crippen LogP contribution is -2.48. The second-order valence-electron chi connectivity index (χ2n) is 5.60. The number of aliphatic hydroxyl groups excluding tert-OH is 1. The number of aliphatic hydroxyl groups is 1. The highest BCUT2D eigenvalue weighted by atomic mass is 16.5. The third-order valence-electron chi connectivity index (χ3n) is 4.06. The summed E-state index contributed by atoms with van der Waals surface area (Å²) in [6.07, 6.45) is -0.0834. The Hall–Kier alpha value is -2.11. The Morgan fingerprint density at radius 1 is 1.35 bits per heavy atom. The summed E-state index contributed by atoms with van der Waals surface area (Å²) in [4.78, 5) is 12.8. The number of carbonyl (C=O) groups is 1. The maximum atomic E-state index is 12.8. The first-order valence-corrected chi connectivity index (χ1v) is 7.92. The van der Waals surface area contributed by atoms with Crippen LogP contribution in [-0.4, -0.2) is 43.0 Å². The molecule has 2 aromatic carbocycles. The number of hydrogen-bond acceptors (Lipinski definition) is 4. The van der Waals surface area contributed by atoms with Gasteiger partial charge in [0.05, 0.1) is 30.9 Å². The Bertz CT molecular complexity index is 700. The number of carbonyl (C=O) groups excluding carboxylic acids is 1. The van der Waals surface area contributed by atoms with Gasteiger partial charge < -0.3 is 19.9 Å². The van der Waals surface area contributed by atoms with Gasteiger partial charge in [0.15, 0.2) is 0 Å². The van der Waals surface area contributed by atoms with E-state index in [1.807, 2.05) is 43.3 Å². The fraction of sp³-hybridized carbons (Fsp3) is 0.389. The molecular formula is C18H21NO4. The second-order valence-corrected chi connectivity index (χ2v) is 5.60. The third-order valence-corrected chi connectivity index (χ3v) is 4.06. The van der Waals surface area contributed by atoms with Crippen LogP contribution in [0.5, 0.6) is 5.75 Å². The van der Waals surface area contributed by atoms with Gasteiger partial charge in [0.1, 0.15) is 5.75 Å². The quantitative estimate of drug-likeness (QED) is 0.907. The molecule has 1 aliphatic rings. The number of nitrogens with one attached hydrogen (secondary N) is 1. The van der Waals surface area contributed by atoms with Crippen molar-refractivity contribution >= 4 is 16.7 Å². The Morgan fingerprint density at radius 2 is 2.17 bits per heavy atom. The summed E-state index contributed by atoms with van der Waals surface area (Å²) in [7, 11) is 0. The molecule has 1 heterocycles. The predicted molar refractivity (Wildman–Crippen MR) is 87.8 cm³/mol. The molecule has 122 valence electrons. The summed E-state index contributed by atoms with van der Waals surface area (Å²) < 4.78 is 10.8. The van der Waals surface area contributed by atoms with E-state index < -0.39 is 6.10 Å². The number of rotatable bonds is 4. The highest BCUT2D eigenvalue weighted by molar-refractivity contribution is 6.09. The van der Waals surface area contributed by atoms with Crippen LogP contribution >= 0.6 is 0 Å². The molecule has 2 aromatic rings. The first kappa shape index (κ1) is 15.8. The molecule has 5 heteroatoms. The van der Waals surface area contributed by atoms with Crippen LogP contribution in [0.3, 0.4) is 0 Å². The van der Waals surface area contributed by atoms with Gasteiger partial charge in [-0.25, -0.2) is 0 Å². The van der Waals surface area contributed by atoms with Gasteiger partial charge in [-0.1, -0.05) is 30.3 Å². The molecule has 0 unspecified atom stereocenters. The molecule has 2 N–H and O–H groups in total. The number of ether oxygens (including phenoxy) is 2. The molecule has 2 atom stereocenters. The monoisotopic (exact) mass is 315 g/mol. The van der Waals surface area contributed by atoms with E-state index in [0.717, 1.165) is 10.8 Å². The molecule has 0 bridgehead atoms. The number of hydrogen-bond donors (Lipinski definition) is 2. The van der Waals surface area contributed by atoms with E-state index in [2.05, 4.69) is 5.32 Å². The molecule has 0 aromatic heterocycles. The zero-order chi connectivity index (χ0) is 16.2. The molecular weight excluding hydrogens is 294 g/mol. The van der Waals surface area contributed by atoms with Gasteiger partial charge in [-0.15, -0.1) is 0 Å². The van der Waals surface area contributed by atoms with Crippen LogP contribution < -0.4 is 10.1 Å². The first-order chi connectivity index (χ1) is 11.2. The van der Waals surface area contributed by atoms with Gasteiger partial charge in [-0.2, -0.15) is 0 Å². The third kappa shape index (κ3) is 3.30. The zero-order valence-corrected chi connectivity index (χ0v) is 13.1. The molecule has 0 spiro atoms. The van der Waals surface area contributed by atoms with Crippen molar-refractivity contribution in [3.8, 4) is 5.75 Å². The summed E-state index contributed by atoms with van der Waals surface area (Å²) in [5.41, 5.74) is 0.517. The number of fused-ring (bicyclic) bond motifs is 1. The van der Waals surface area contributed by atoms with Gasteiger partial charge in [0.25, 0.3) is 5.91 Å². The van der Waals surface area contributed by atoms with Gasteiger partial charge >= 0.3 is 0 Å². The summed E-state index contributed by atoms with van der Waals surface area (Å²) in [6.45, 7) is 3.16. The van der Waals surface area contributed by atoms with Crippen molar-refractivity contribution in [3.63, 3.8) is 0 Å². The normalized spacial score (nSPS) is 21.1. The first-order valence-electron chi connectivity index (χ1n) is 7.92. The lowest BCUT2D eigenvalue weighted by atomic mass is 10.0. The van der Waals surface area contributed by atoms with Crippen LogP contribution in [0.4, 0.5) is 0 Å². The molecule has 1 saturated heterocycles. The fourth-order valence-electron chi connectivity index (χ4n) is 2.89. The Balaban J connectivity index is 1.95. The van der Waals surface area contributed by atoms with E-state index in [9.17, 15) is 9.90 Å². The summed E-state index contributed by atoms with van der Waals surface area (Å²) in [5.74, 6) is 0.335. The van der Waals surface area contributed by atoms with Crippen molar-refractivity contribution in [1.29, 1.82) is 0 Å². The van der Waals surface area contributed by atoms with Crippen molar-refractivity contribution in [2.24, 2.45) is 0 Å². The van der Waals surface area contributed by atoms with Crippen LogP contribution in [0.2, 0.25) is 0 Å². The molecule has 0 radical (unpaired) electrons. The van der Waals surface area contributed by atoms with E-state index in [1.165, 1.54) is 0 Å². The van der Waals surface area contributed by atoms with E-state index in [-0.39, 0.29) is 18.6 Å². The molecule has 1 aliphatic heterocycles. The summed E-state index contributed by atoms with van der Waals surface area (Å²) in [5, 5.41) is 14.7. The zero-order valence-electron chi connectivity index (χ0n) is 13.1. The van der Waals surface area contributed by atoms with Gasteiger partial charge in [0.2, 0.25) is 0 Å². The Morgan fingerprint density at radius 3 is 2.96 bits per heavy atom. The maximum Gasteiger partial charge on any atom is 0.255 e. The molecule has 1 amide bonds. The van der Waals surface area contributed by atoms with Crippen LogP contribution in [0, 0.1) is 0 Å². The summed E-state index contributed by atoms with van der Waals surface area (Å²) in [6, 6.07) is 11.2. The molecule has 3 rings (SSSR count). The summed E-state index contributed by atoms with van der Waals surface area (Å²) >= 11 is 0. The smallest absolute Gasteiger partial charge is 0.255 e. The average molecular weight is 315 g/mol. The predicted octanol–water partition coefficient (Wildman–Crippen LogP) is 2.12. The molecule has 0 saturated carbocycles. The van der Waals surface area contributed by atoms with Crippen LogP contribution in [-0.2, 0) is 4.74 Å². The minimum atomic E-state index is -0.682. The van der Waals surface area contributed by atoms with Crippen LogP contribution in [0.25, 0.3) is 10.8 Å². The fourth-order valence-corrected chi connectivity index (χ4v) is 2.89. The number of amides is 1. The van der Waals surface area contributed by atoms with E-state index in [1.54, 1.807) is 0 Å². The van der Waals surface area contributed by atoms with Crippen molar-refractivity contribution in [3.05, 3.63) is 42.0 Å². The van der Waals surface area contributed by atoms with Crippen molar-refractivity contribution in [1.82, 2.24) is 5.32 Å². The van der Waals surface area contributed by atoms with E-state index in [0.29, 0.717) is 30.9 Å². The number of benzene rings is 2. The highest BCUT2D eigenvalue weighted by Crippen LogP contribution is 2.28. The van der Waals surface area contributed by atoms with Gasteiger partial charge in [0, 0.05) is 6.61 Å². The van der Waals surface area contributed by atoms with E-state index >= 15 is 0 Å². The Labute approximate surface area is 135 Å². The highest BCUT2D eigenvalue weighted by Gasteiger charge is 2.27. The van der Waals surface area contributed by atoms with Crippen LogP contribution in [0.15, 0.2) is 36.4 Å². The van der Waals surface area contributed by atoms with Crippen LogP contribution in [0.1, 0.15) is 23.7 Å². The average Bonchev–Trinajstić information content (AvgIpc) is 2.57. The van der Waals surface area contributed by atoms with E-state index in [4.69, 9.17) is 9.47 Å². The Kier molecular flexibility index (Phi) is 4.79. The second kappa shape index (κ2) is 6.98. The standard InChI is InChI=1S/C18H21NO4/c1-2-23-16-8-7-12-5-3-4-6-13(12)17(16)18(21)19-14-9-10-22-11-15(14)20/h3-8,14-15,20H,2,9-11H2,1H3,(H,19,21)/t14-,15-/m1/s1. The van der Waals surface area contributed by atoms with Crippen molar-refractivity contribution in [2.75, 3.05) is 19.8 Å². The lowest BCUT2D eigenvalue weighted by Gasteiger charge is -2.28. The molecule has 23 heavy (non-hydrogen) atoms. The molecule has 0 aliphatic carbocycles. The SMILES string of the molecule is CCOc1ccc2ccccc2c1C(=O)N[C@@H]1CCOC[C@H]1O. The minimum absolute atomic E-state index is 0.226. The van der Waals surface area contributed by atoms with Crippen molar-refractivity contribution in [2.45, 2.75) is 25.5 Å². The largest absolute Gasteiger partial charge is 0.493 e. The minimum Gasteiger partial charge on any atom is -0.493 e.